The van der Waals surface area contributed by atoms with Gasteiger partial charge in [0, 0.05) is 6.07 Å². The number of H-pyrrole nitrogens is 1. The maximum atomic E-state index is 11.9. The van der Waals surface area contributed by atoms with Crippen LogP contribution in [0.4, 0.5) is 10.7 Å². The average Bonchev–Trinajstić information content (AvgIpc) is 2.95. The Labute approximate surface area is 110 Å². The summed E-state index contributed by atoms with van der Waals surface area (Å²) in [6.45, 7) is -0.190. The van der Waals surface area contributed by atoms with Gasteiger partial charge in [0.25, 0.3) is 10.0 Å². The second-order valence-electron chi connectivity index (χ2n) is 3.22. The number of tetrazole rings is 1. The van der Waals surface area contributed by atoms with Crippen molar-refractivity contribution in [3.8, 4) is 0 Å². The number of nitrogens with two attached hydrogens (primary N) is 1. The molecule has 19 heavy (non-hydrogen) atoms. The molecule has 13 heteroatoms. The Morgan fingerprint density at radius 2 is 2.32 bits per heavy atom. The third kappa shape index (κ3) is 2.83. The van der Waals surface area contributed by atoms with E-state index in [9.17, 15) is 18.5 Å². The van der Waals surface area contributed by atoms with Gasteiger partial charge in [-0.05, 0) is 0 Å². The minimum atomic E-state index is -3.91. The lowest BCUT2D eigenvalue weighted by Gasteiger charge is -2.00. The molecule has 0 amide bonds. The highest BCUT2D eigenvalue weighted by Gasteiger charge is 2.24. The summed E-state index contributed by atoms with van der Waals surface area (Å²) in [7, 11) is -3.91. The third-order valence-corrected chi connectivity index (χ3v) is 4.82. The van der Waals surface area contributed by atoms with E-state index in [-0.39, 0.29) is 21.6 Å². The smallest absolute Gasteiger partial charge is 0.304 e. The molecule has 0 aliphatic rings. The molecule has 0 saturated carbocycles. The van der Waals surface area contributed by atoms with E-state index in [1.54, 1.807) is 0 Å². The molecule has 0 spiro atoms. The largest absolute Gasteiger partial charge is 0.385 e. The van der Waals surface area contributed by atoms with Crippen LogP contribution in [0.5, 0.6) is 0 Å². The highest BCUT2D eigenvalue weighted by molar-refractivity contribution is 7.91. The SMILES string of the molecule is Nc1sc(S(=O)(=O)NCc2nn[nH]n2)cc1[N+](=O)[O-]. The van der Waals surface area contributed by atoms with Crippen molar-refractivity contribution >= 4 is 32.0 Å². The molecule has 0 atom stereocenters. The van der Waals surface area contributed by atoms with Crippen molar-refractivity contribution in [2.45, 2.75) is 10.8 Å². The molecule has 2 aromatic heterocycles. The second kappa shape index (κ2) is 4.87. The van der Waals surface area contributed by atoms with Gasteiger partial charge in [-0.1, -0.05) is 16.6 Å². The van der Waals surface area contributed by atoms with Gasteiger partial charge < -0.3 is 5.73 Å². The van der Waals surface area contributed by atoms with Crippen LogP contribution in [0, 0.1) is 10.1 Å². The zero-order valence-corrected chi connectivity index (χ0v) is 10.7. The van der Waals surface area contributed by atoms with Gasteiger partial charge in [0.15, 0.2) is 10.8 Å². The average molecular weight is 305 g/mol. The van der Waals surface area contributed by atoms with Crippen molar-refractivity contribution in [3.05, 3.63) is 22.0 Å². The Bertz CT molecular complexity index is 691. The first-order chi connectivity index (χ1) is 8.90. The first-order valence-electron chi connectivity index (χ1n) is 4.66. The molecule has 2 aromatic rings. The molecule has 102 valence electrons. The third-order valence-electron chi connectivity index (χ3n) is 1.99. The van der Waals surface area contributed by atoms with Gasteiger partial charge in [0.1, 0.15) is 4.21 Å². The molecular weight excluding hydrogens is 298 g/mol. The van der Waals surface area contributed by atoms with Crippen LogP contribution in [0.2, 0.25) is 0 Å². The van der Waals surface area contributed by atoms with E-state index in [0.29, 0.717) is 11.3 Å². The minimum absolute atomic E-state index is 0.141. The Morgan fingerprint density at radius 1 is 1.58 bits per heavy atom. The van der Waals surface area contributed by atoms with Crippen LogP contribution < -0.4 is 10.5 Å². The van der Waals surface area contributed by atoms with Crippen LogP contribution in [0.15, 0.2) is 10.3 Å². The van der Waals surface area contributed by atoms with Gasteiger partial charge in [-0.25, -0.2) is 13.1 Å². The fourth-order valence-electron chi connectivity index (χ4n) is 1.14. The first-order valence-corrected chi connectivity index (χ1v) is 6.96. The molecule has 0 saturated heterocycles. The van der Waals surface area contributed by atoms with Crippen LogP contribution in [-0.4, -0.2) is 34.0 Å². The molecule has 2 rings (SSSR count). The van der Waals surface area contributed by atoms with Gasteiger partial charge >= 0.3 is 5.69 Å². The maximum absolute atomic E-state index is 11.9. The van der Waals surface area contributed by atoms with Crippen LogP contribution >= 0.6 is 11.3 Å². The number of nitro groups is 1. The summed E-state index contributed by atoms with van der Waals surface area (Å²) in [6, 6.07) is 0.901. The molecule has 2 heterocycles. The normalized spacial score (nSPS) is 11.6. The number of nitrogens with one attached hydrogen (secondary N) is 2. The molecule has 0 aromatic carbocycles. The Balaban J connectivity index is 2.20. The van der Waals surface area contributed by atoms with Crippen molar-refractivity contribution in [2.24, 2.45) is 0 Å². The highest BCUT2D eigenvalue weighted by atomic mass is 32.2. The van der Waals surface area contributed by atoms with E-state index in [1.165, 1.54) is 0 Å². The van der Waals surface area contributed by atoms with Gasteiger partial charge in [-0.3, -0.25) is 10.1 Å². The number of sulfonamides is 1. The van der Waals surface area contributed by atoms with Crippen molar-refractivity contribution in [2.75, 3.05) is 5.73 Å². The molecule has 0 bridgehead atoms. The molecule has 0 aliphatic heterocycles. The molecule has 11 nitrogen and oxygen atoms in total. The molecular formula is C6H7N7O4S2. The summed E-state index contributed by atoms with van der Waals surface area (Å²) >= 11 is 0.608. The lowest BCUT2D eigenvalue weighted by Crippen LogP contribution is -2.23. The van der Waals surface area contributed by atoms with Gasteiger partial charge in [-0.15, -0.1) is 10.2 Å². The fourth-order valence-corrected chi connectivity index (χ4v) is 3.37. The number of aromatic amines is 1. The van der Waals surface area contributed by atoms with E-state index in [4.69, 9.17) is 5.73 Å². The molecule has 0 radical (unpaired) electrons. The first kappa shape index (κ1) is 13.3. The minimum Gasteiger partial charge on any atom is -0.385 e. The van der Waals surface area contributed by atoms with Crippen LogP contribution in [0.1, 0.15) is 5.82 Å². The summed E-state index contributed by atoms with van der Waals surface area (Å²) in [6.07, 6.45) is 0. The molecule has 0 aliphatic carbocycles. The molecule has 0 unspecified atom stereocenters. The number of hydrogen-bond acceptors (Lipinski definition) is 9. The standard InChI is InChI=1S/C6H7N7O4S2/c7-6-3(13(14)15)1-5(18-6)19(16,17)8-2-4-9-11-12-10-4/h1,8H,2,7H2,(H,9,10,11,12). The summed E-state index contributed by atoms with van der Waals surface area (Å²) in [5.74, 6) is 0.141. The van der Waals surface area contributed by atoms with Gasteiger partial charge in [-0.2, -0.15) is 5.21 Å². The van der Waals surface area contributed by atoms with Gasteiger partial charge in [0.2, 0.25) is 0 Å². The van der Waals surface area contributed by atoms with Crippen LogP contribution in [0.3, 0.4) is 0 Å². The zero-order chi connectivity index (χ0) is 14.0. The van der Waals surface area contributed by atoms with E-state index in [0.717, 1.165) is 6.07 Å². The number of aromatic nitrogens is 4. The van der Waals surface area contributed by atoms with E-state index >= 15 is 0 Å². The molecule has 0 fully saturated rings. The van der Waals surface area contributed by atoms with Crippen LogP contribution in [-0.2, 0) is 16.6 Å². The van der Waals surface area contributed by atoms with E-state index in [1.807, 2.05) is 0 Å². The second-order valence-corrected chi connectivity index (χ2v) is 6.30. The van der Waals surface area contributed by atoms with E-state index in [2.05, 4.69) is 25.3 Å². The predicted octanol–water partition coefficient (Wildman–Crippen LogP) is -0.770. The Kier molecular flexibility index (Phi) is 3.41. The predicted molar refractivity (Wildman–Crippen MR) is 63.6 cm³/mol. The number of hydrogen-bond donors (Lipinski definition) is 3. The van der Waals surface area contributed by atoms with E-state index < -0.39 is 20.6 Å². The monoisotopic (exact) mass is 305 g/mol. The maximum Gasteiger partial charge on any atom is 0.304 e. The van der Waals surface area contributed by atoms with Crippen molar-refractivity contribution < 1.29 is 13.3 Å². The summed E-state index contributed by atoms with van der Waals surface area (Å²) in [4.78, 5) is 9.85. The summed E-state index contributed by atoms with van der Waals surface area (Å²) < 4.78 is 25.6. The number of thiophene rings is 1. The summed E-state index contributed by atoms with van der Waals surface area (Å²) in [5.41, 5.74) is 4.93. The Hall–Kier alpha value is -2.12. The molecule has 4 N–H and O–H groups in total. The lowest BCUT2D eigenvalue weighted by molar-refractivity contribution is -0.383. The number of rotatable bonds is 5. The Morgan fingerprint density at radius 3 is 2.84 bits per heavy atom. The zero-order valence-electron chi connectivity index (χ0n) is 9.10. The van der Waals surface area contributed by atoms with Crippen molar-refractivity contribution in [1.82, 2.24) is 25.3 Å². The van der Waals surface area contributed by atoms with Crippen molar-refractivity contribution in [1.29, 1.82) is 0 Å². The highest BCUT2D eigenvalue weighted by Crippen LogP contribution is 2.34. The quantitative estimate of drug-likeness (QED) is 0.477. The topological polar surface area (TPSA) is 170 Å². The van der Waals surface area contributed by atoms with Crippen LogP contribution in [0.25, 0.3) is 0 Å². The number of anilines is 1. The fraction of sp³-hybridized carbons (Fsp3) is 0.167. The lowest BCUT2D eigenvalue weighted by atomic mass is 10.5. The number of nitrogen functional groups attached to an aromatic ring is 1. The summed E-state index contributed by atoms with van der Waals surface area (Å²) in [5, 5.41) is 23.0. The van der Waals surface area contributed by atoms with Crippen molar-refractivity contribution in [3.63, 3.8) is 0 Å². The number of nitrogens with zero attached hydrogens (tertiary/aromatic N) is 4. The van der Waals surface area contributed by atoms with Gasteiger partial charge in [0.05, 0.1) is 11.5 Å².